The summed E-state index contributed by atoms with van der Waals surface area (Å²) in [4.78, 5) is 0. The van der Waals surface area contributed by atoms with Crippen molar-refractivity contribution in [1.82, 2.24) is 0 Å². The summed E-state index contributed by atoms with van der Waals surface area (Å²) in [5.74, 6) is 0. The minimum atomic E-state index is -7.02. The summed E-state index contributed by atoms with van der Waals surface area (Å²) >= 11 is -7.02. The fraction of sp³-hybridized carbons (Fsp3) is 0. The Bertz CT molecular complexity index is 3910. The van der Waals surface area contributed by atoms with Gasteiger partial charge in [0.15, 0.2) is 0 Å². The molecule has 9 nitrogen and oxygen atoms in total. The summed E-state index contributed by atoms with van der Waals surface area (Å²) in [6, 6.07) is 112. The number of hydrogen-bond donors (Lipinski definition) is 0. The van der Waals surface area contributed by atoms with E-state index in [1.807, 2.05) is 364 Å². The molecule has 12 rings (SSSR count). The van der Waals surface area contributed by atoms with Crippen LogP contribution in [0.5, 0.6) is 0 Å². The van der Waals surface area contributed by atoms with Crippen LogP contribution in [0.4, 0.5) is 0 Å². The van der Waals surface area contributed by atoms with Crippen LogP contribution in [0.2, 0.25) is 0 Å². The molecule has 89 heavy (non-hydrogen) atoms. The molecule has 0 aliphatic rings. The van der Waals surface area contributed by atoms with Gasteiger partial charge in [0.05, 0.1) is 0 Å². The first-order chi connectivity index (χ1) is 43.5. The molecule has 0 spiro atoms. The molecular weight excluding hydrogens is 1340 g/mol. The summed E-state index contributed by atoms with van der Waals surface area (Å²) in [5, 5.41) is 5.85. The normalized spacial score (nSPS) is 12.4. The van der Waals surface area contributed by atoms with Gasteiger partial charge in [0.25, 0.3) is 0 Å². The molecule has 0 aliphatic carbocycles. The van der Waals surface area contributed by atoms with Gasteiger partial charge < -0.3 is 0 Å². The van der Waals surface area contributed by atoms with Crippen molar-refractivity contribution in [2.45, 2.75) is 0 Å². The molecule has 0 unspecified atom stereocenters. The maximum atomic E-state index is 17.3. The average Bonchev–Trinajstić information content (AvgIpc) is 0.955. The Hall–Kier alpha value is -7.01. The molecule has 12 aromatic rings. The molecule has 0 aromatic heterocycles. The van der Waals surface area contributed by atoms with E-state index in [2.05, 4.69) is 0 Å². The summed E-state index contributed by atoms with van der Waals surface area (Å²) in [5.41, 5.74) is 0. The van der Waals surface area contributed by atoms with E-state index in [1.54, 1.807) is 0 Å². The molecule has 0 saturated heterocycles. The van der Waals surface area contributed by atoms with E-state index in [0.717, 1.165) is 0 Å². The molecule has 0 fully saturated rings. The monoisotopic (exact) mass is 1400 g/mol. The molecule has 0 aliphatic heterocycles. The van der Waals surface area contributed by atoms with Crippen molar-refractivity contribution in [3.63, 3.8) is 0 Å². The van der Waals surface area contributed by atoms with Gasteiger partial charge in [0, 0.05) is 0 Å². The van der Waals surface area contributed by atoms with Crippen molar-refractivity contribution in [1.29, 1.82) is 0 Å². The van der Waals surface area contributed by atoms with Crippen molar-refractivity contribution < 1.29 is 22.3 Å². The van der Waals surface area contributed by atoms with Crippen LogP contribution < -0.4 is 63.7 Å². The second-order valence-corrected chi connectivity index (χ2v) is 46.9. The number of halogens is 1. The van der Waals surface area contributed by atoms with Crippen LogP contribution in [0.25, 0.3) is 0 Å². The third-order valence-electron chi connectivity index (χ3n) is 14.8. The summed E-state index contributed by atoms with van der Waals surface area (Å²) in [6.07, 6.45) is 0. The van der Waals surface area contributed by atoms with E-state index in [0.29, 0.717) is 63.7 Å². The molecule has 0 radical (unpaired) electrons. The average molecular weight is 1400 g/mol. The molecule has 0 amide bonds. The third kappa shape index (κ3) is 13.0. The second-order valence-electron chi connectivity index (χ2n) is 20.5. The first-order valence-electron chi connectivity index (χ1n) is 28.7. The topological polar surface area (TPSA) is 116 Å². The molecular formula is C72H60ClN3O6P6Sn. The molecule has 0 bridgehead atoms. The van der Waals surface area contributed by atoms with Crippen LogP contribution in [-0.4, -0.2) is 18.5 Å². The van der Waals surface area contributed by atoms with Crippen LogP contribution in [0.15, 0.2) is 378 Å². The van der Waals surface area contributed by atoms with E-state index in [9.17, 15) is 8.92 Å². The van der Waals surface area contributed by atoms with Crippen molar-refractivity contribution in [2.75, 3.05) is 0 Å². The van der Waals surface area contributed by atoms with Crippen LogP contribution in [0.3, 0.4) is 0 Å². The van der Waals surface area contributed by atoms with Gasteiger partial charge in [-0.05, 0) is 0 Å². The number of rotatable bonds is 21. The van der Waals surface area contributed by atoms with E-state index in [1.165, 1.54) is 0 Å². The first-order valence-corrected chi connectivity index (χ1v) is 45.8. The molecule has 440 valence electrons. The quantitative estimate of drug-likeness (QED) is 0.0523. The van der Waals surface area contributed by atoms with Crippen molar-refractivity contribution in [2.24, 2.45) is 13.5 Å². The van der Waals surface area contributed by atoms with E-state index in [-0.39, 0.29) is 0 Å². The van der Waals surface area contributed by atoms with Crippen molar-refractivity contribution >= 4 is 135 Å². The van der Waals surface area contributed by atoms with Crippen molar-refractivity contribution in [3.05, 3.63) is 364 Å². The Morgan fingerprint density at radius 2 is 0.315 bits per heavy atom. The Kier molecular flexibility index (Phi) is 19.3. The SMILES string of the molecule is O=P(N=P([O][Sn]([Cl])([O]P(=NP(=O)(c1ccccc1)c1ccccc1)(c1ccccc1)c1ccccc1)[O]P(=NP(=O)(c1ccccc1)c1ccccc1)(c1ccccc1)c1ccccc1)(c1ccccc1)c1ccccc1)(c1ccccc1)c1ccccc1. The molecule has 0 heterocycles. The maximum absolute atomic E-state index is 17.3. The predicted octanol–water partition coefficient (Wildman–Crippen LogP) is 15.8. The van der Waals surface area contributed by atoms with Gasteiger partial charge in [-0.2, -0.15) is 0 Å². The zero-order valence-electron chi connectivity index (χ0n) is 48.0. The Morgan fingerprint density at radius 3 is 0.438 bits per heavy atom. The van der Waals surface area contributed by atoms with Gasteiger partial charge in [-0.1, -0.05) is 0 Å². The fourth-order valence-corrected chi connectivity index (χ4v) is 55.8. The summed E-state index contributed by atoms with van der Waals surface area (Å²) in [7, 11) is -16.2. The Morgan fingerprint density at radius 1 is 0.202 bits per heavy atom. The van der Waals surface area contributed by atoms with E-state index in [4.69, 9.17) is 22.1 Å². The predicted molar refractivity (Wildman–Crippen MR) is 379 cm³/mol. The molecule has 0 atom stereocenters. The van der Waals surface area contributed by atoms with Crippen LogP contribution in [0, 0.1) is 0 Å². The van der Waals surface area contributed by atoms with Crippen molar-refractivity contribution in [3.8, 4) is 0 Å². The summed E-state index contributed by atoms with van der Waals surface area (Å²) < 4.78 is 95.0. The first kappa shape index (κ1) is 62.2. The molecule has 0 N–H and O–H groups in total. The van der Waals surface area contributed by atoms with Crippen LogP contribution in [0.1, 0.15) is 0 Å². The molecule has 17 heteroatoms. The number of nitrogens with zero attached hydrogens (tertiary/aromatic N) is 3. The Balaban J connectivity index is 1.30. The van der Waals surface area contributed by atoms with Crippen LogP contribution >= 0.6 is 52.6 Å². The second kappa shape index (κ2) is 27.6. The molecule has 0 saturated carbocycles. The van der Waals surface area contributed by atoms with Gasteiger partial charge in [0.1, 0.15) is 0 Å². The van der Waals surface area contributed by atoms with Gasteiger partial charge in [-0.3, -0.25) is 0 Å². The van der Waals surface area contributed by atoms with Gasteiger partial charge in [0.2, 0.25) is 0 Å². The summed E-state index contributed by atoms with van der Waals surface area (Å²) in [6.45, 7) is 0. The number of hydrogen-bond acceptors (Lipinski definition) is 6. The van der Waals surface area contributed by atoms with E-state index < -0.39 is 62.2 Å². The van der Waals surface area contributed by atoms with Crippen LogP contribution in [-0.2, 0) is 22.3 Å². The fourth-order valence-electron chi connectivity index (χ4n) is 10.5. The molecule has 12 aromatic carbocycles. The minimum absolute atomic E-state index is 0.442. The van der Waals surface area contributed by atoms with Gasteiger partial charge in [-0.15, -0.1) is 0 Å². The third-order valence-corrected chi connectivity index (χ3v) is 50.8. The standard InChI is InChI=1S/3C24H20NO2P2.ClH.Sn/c3*26-28(21-13-5-1-6-14-21,22-15-7-2-8-16-22)25-29(27,23-17-9-3-10-18-23)24-19-11-4-12-20-24;;/h3*1-20H;1H;/q3*-1;;+4/p-1. The van der Waals surface area contributed by atoms with E-state index >= 15 is 13.7 Å². The zero-order valence-corrected chi connectivity index (χ0v) is 57.0. The Labute approximate surface area is 530 Å². The van der Waals surface area contributed by atoms with Gasteiger partial charge >= 0.3 is 535 Å². The zero-order chi connectivity index (χ0) is 61.1. The van der Waals surface area contributed by atoms with Gasteiger partial charge in [-0.25, -0.2) is 0 Å². The number of benzene rings is 12.